The van der Waals surface area contributed by atoms with Crippen LogP contribution in [0.2, 0.25) is 0 Å². The van der Waals surface area contributed by atoms with Gasteiger partial charge in [-0.2, -0.15) is 0 Å². The first-order valence-electron chi connectivity index (χ1n) is 11.0. The Morgan fingerprint density at radius 2 is 1.81 bits per heavy atom. The Hall–Kier alpha value is -2.62. The third-order valence-electron chi connectivity index (χ3n) is 5.72. The maximum Gasteiger partial charge on any atom is 0.253 e. The molecule has 0 unspecified atom stereocenters. The Morgan fingerprint density at radius 3 is 2.59 bits per heavy atom. The van der Waals surface area contributed by atoms with Gasteiger partial charge in [0.15, 0.2) is 11.5 Å². The molecule has 0 spiro atoms. The normalized spacial score (nSPS) is 16.3. The third kappa shape index (κ3) is 5.23. The van der Waals surface area contributed by atoms with Crippen molar-refractivity contribution in [3.05, 3.63) is 53.6 Å². The Bertz CT molecular complexity index is 1070. The van der Waals surface area contributed by atoms with Crippen LogP contribution in [0.1, 0.15) is 35.7 Å². The number of fused-ring (bicyclic) bond motifs is 1. The van der Waals surface area contributed by atoms with Crippen LogP contribution in [0.3, 0.4) is 0 Å². The molecule has 32 heavy (non-hydrogen) atoms. The summed E-state index contributed by atoms with van der Waals surface area (Å²) in [5, 5.41) is 0. The van der Waals surface area contributed by atoms with Crippen LogP contribution in [0.5, 0.6) is 11.5 Å². The molecule has 2 aromatic rings. The van der Waals surface area contributed by atoms with Gasteiger partial charge in [0.1, 0.15) is 0 Å². The highest BCUT2D eigenvalue weighted by Crippen LogP contribution is 2.32. The van der Waals surface area contributed by atoms with Crippen molar-refractivity contribution in [2.24, 2.45) is 0 Å². The van der Waals surface area contributed by atoms with Crippen LogP contribution < -0.4 is 14.2 Å². The first-order valence-corrected chi connectivity index (χ1v) is 12.4. The number of sulfonamides is 1. The van der Waals surface area contributed by atoms with Crippen molar-refractivity contribution in [3.8, 4) is 11.5 Å². The highest BCUT2D eigenvalue weighted by atomic mass is 32.2. The number of unbranched alkanes of at least 4 members (excludes halogenated alkanes) is 1. The van der Waals surface area contributed by atoms with Gasteiger partial charge < -0.3 is 14.4 Å². The molecule has 9 heteroatoms. The molecular formula is C23H29N3O5S. The van der Waals surface area contributed by atoms with E-state index in [9.17, 15) is 13.2 Å². The highest BCUT2D eigenvalue weighted by molar-refractivity contribution is 7.89. The number of benzene rings is 2. The van der Waals surface area contributed by atoms with E-state index in [-0.39, 0.29) is 17.6 Å². The lowest BCUT2D eigenvalue weighted by molar-refractivity contribution is 0.0628. The van der Waals surface area contributed by atoms with Crippen molar-refractivity contribution in [1.82, 2.24) is 14.5 Å². The second kappa shape index (κ2) is 9.89. The van der Waals surface area contributed by atoms with Crippen molar-refractivity contribution in [2.75, 3.05) is 39.5 Å². The average molecular weight is 460 g/mol. The van der Waals surface area contributed by atoms with Gasteiger partial charge >= 0.3 is 0 Å². The second-order valence-electron chi connectivity index (χ2n) is 8.04. The smallest absolute Gasteiger partial charge is 0.253 e. The number of hydrogen-bond donors (Lipinski definition) is 1. The molecule has 1 amide bonds. The predicted molar refractivity (Wildman–Crippen MR) is 120 cm³/mol. The lowest BCUT2D eigenvalue weighted by Crippen LogP contribution is -2.48. The summed E-state index contributed by atoms with van der Waals surface area (Å²) in [5.41, 5.74) is 1.54. The Balaban J connectivity index is 1.34. The molecule has 2 aromatic carbocycles. The summed E-state index contributed by atoms with van der Waals surface area (Å²) in [6.45, 7) is 6.11. The summed E-state index contributed by atoms with van der Waals surface area (Å²) in [6.07, 6.45) is 1.68. The van der Waals surface area contributed by atoms with Crippen molar-refractivity contribution in [3.63, 3.8) is 0 Å². The van der Waals surface area contributed by atoms with Gasteiger partial charge in [0.25, 0.3) is 5.91 Å². The molecule has 1 saturated heterocycles. The number of rotatable bonds is 8. The van der Waals surface area contributed by atoms with Crippen LogP contribution in [0.25, 0.3) is 0 Å². The first-order chi connectivity index (χ1) is 15.5. The van der Waals surface area contributed by atoms with Crippen LogP contribution in [-0.4, -0.2) is 63.6 Å². The number of amides is 1. The molecule has 172 valence electrons. The van der Waals surface area contributed by atoms with Crippen molar-refractivity contribution in [2.45, 2.75) is 31.2 Å². The molecule has 0 saturated carbocycles. The van der Waals surface area contributed by atoms with E-state index in [1.54, 1.807) is 17.0 Å². The number of carbonyl (C=O) groups is 1. The number of ether oxygens (including phenoxy) is 2. The van der Waals surface area contributed by atoms with Crippen LogP contribution in [-0.2, 0) is 16.6 Å². The van der Waals surface area contributed by atoms with Gasteiger partial charge in [0.05, 0.1) is 4.90 Å². The van der Waals surface area contributed by atoms with Gasteiger partial charge in [-0.15, -0.1) is 0 Å². The molecule has 1 N–H and O–H groups in total. The summed E-state index contributed by atoms with van der Waals surface area (Å²) in [4.78, 5) is 17.2. The maximum absolute atomic E-state index is 13.0. The van der Waals surface area contributed by atoms with E-state index in [0.29, 0.717) is 25.2 Å². The molecule has 2 heterocycles. The van der Waals surface area contributed by atoms with E-state index >= 15 is 0 Å². The van der Waals surface area contributed by atoms with Crippen LogP contribution in [0, 0.1) is 0 Å². The summed E-state index contributed by atoms with van der Waals surface area (Å²) in [6, 6.07) is 12.2. The molecule has 0 aromatic heterocycles. The predicted octanol–water partition coefficient (Wildman–Crippen LogP) is 2.45. The van der Waals surface area contributed by atoms with E-state index in [2.05, 4.69) is 9.62 Å². The van der Waals surface area contributed by atoms with Crippen LogP contribution in [0.15, 0.2) is 47.4 Å². The topological polar surface area (TPSA) is 88.2 Å². The Morgan fingerprint density at radius 1 is 1.03 bits per heavy atom. The zero-order valence-corrected chi connectivity index (χ0v) is 19.1. The molecule has 2 aliphatic heterocycles. The van der Waals surface area contributed by atoms with E-state index in [1.807, 2.05) is 25.1 Å². The quantitative estimate of drug-likeness (QED) is 0.610. The fraction of sp³-hybridized carbons (Fsp3) is 0.435. The fourth-order valence-electron chi connectivity index (χ4n) is 3.85. The van der Waals surface area contributed by atoms with Gasteiger partial charge in [0.2, 0.25) is 16.8 Å². The minimum Gasteiger partial charge on any atom is -0.454 e. The maximum atomic E-state index is 13.0. The minimum absolute atomic E-state index is 0.126. The van der Waals surface area contributed by atoms with E-state index in [1.165, 1.54) is 12.1 Å². The van der Waals surface area contributed by atoms with Gasteiger partial charge in [-0.1, -0.05) is 25.5 Å². The standard InChI is InChI=1S/C23H29N3O5S/c1-2-3-9-24-32(28,29)20-6-4-5-19(15-20)23(27)26-12-10-25(11-13-26)16-18-7-8-21-22(14-18)31-17-30-21/h4-8,14-15,24H,2-3,9-13,16-17H2,1H3. The molecule has 0 atom stereocenters. The Labute approximate surface area is 189 Å². The zero-order chi connectivity index (χ0) is 22.6. The molecule has 0 aliphatic carbocycles. The van der Waals surface area contributed by atoms with Crippen LogP contribution in [0.4, 0.5) is 0 Å². The lowest BCUT2D eigenvalue weighted by Gasteiger charge is -2.34. The number of hydrogen-bond acceptors (Lipinski definition) is 6. The third-order valence-corrected chi connectivity index (χ3v) is 7.18. The Kier molecular flexibility index (Phi) is 6.98. The fourth-order valence-corrected chi connectivity index (χ4v) is 4.97. The summed E-state index contributed by atoms with van der Waals surface area (Å²) in [5.74, 6) is 1.41. The van der Waals surface area contributed by atoms with Gasteiger partial charge in [0, 0.05) is 44.8 Å². The van der Waals surface area contributed by atoms with Gasteiger partial charge in [-0.3, -0.25) is 9.69 Å². The van der Waals surface area contributed by atoms with E-state index < -0.39 is 10.0 Å². The number of piperazine rings is 1. The number of nitrogens with one attached hydrogen (secondary N) is 1. The highest BCUT2D eigenvalue weighted by Gasteiger charge is 2.24. The average Bonchev–Trinajstić information content (AvgIpc) is 3.27. The molecule has 8 nitrogen and oxygen atoms in total. The van der Waals surface area contributed by atoms with Crippen molar-refractivity contribution < 1.29 is 22.7 Å². The molecule has 1 fully saturated rings. The monoisotopic (exact) mass is 459 g/mol. The lowest BCUT2D eigenvalue weighted by atomic mass is 10.1. The molecule has 4 rings (SSSR count). The number of nitrogens with zero attached hydrogens (tertiary/aromatic N) is 2. The number of carbonyl (C=O) groups excluding carboxylic acids is 1. The summed E-state index contributed by atoms with van der Waals surface area (Å²) in [7, 11) is -3.62. The largest absolute Gasteiger partial charge is 0.454 e. The van der Waals surface area contributed by atoms with Gasteiger partial charge in [-0.25, -0.2) is 13.1 Å². The second-order valence-corrected chi connectivity index (χ2v) is 9.80. The molecule has 0 bridgehead atoms. The molecular weight excluding hydrogens is 430 g/mol. The SMILES string of the molecule is CCCCNS(=O)(=O)c1cccc(C(=O)N2CCN(Cc3ccc4c(c3)OCO4)CC2)c1. The molecule has 2 aliphatic rings. The van der Waals surface area contributed by atoms with Crippen molar-refractivity contribution >= 4 is 15.9 Å². The van der Waals surface area contributed by atoms with Gasteiger partial charge in [-0.05, 0) is 42.3 Å². The summed E-state index contributed by atoms with van der Waals surface area (Å²) < 4.78 is 38.4. The van der Waals surface area contributed by atoms with E-state index in [0.717, 1.165) is 49.5 Å². The van der Waals surface area contributed by atoms with Crippen molar-refractivity contribution in [1.29, 1.82) is 0 Å². The molecule has 0 radical (unpaired) electrons. The van der Waals surface area contributed by atoms with Crippen LogP contribution >= 0.6 is 0 Å². The first kappa shape index (κ1) is 22.6. The minimum atomic E-state index is -3.62. The van der Waals surface area contributed by atoms with E-state index in [4.69, 9.17) is 9.47 Å². The zero-order valence-electron chi connectivity index (χ0n) is 18.2. The summed E-state index contributed by atoms with van der Waals surface area (Å²) >= 11 is 0.